The van der Waals surface area contributed by atoms with Crippen molar-refractivity contribution in [3.8, 4) is 0 Å². The highest BCUT2D eigenvalue weighted by Crippen LogP contribution is 2.22. The first-order valence-electron chi connectivity index (χ1n) is 4.63. The van der Waals surface area contributed by atoms with Gasteiger partial charge in [0.15, 0.2) is 10.9 Å². The molecule has 2 N–H and O–H groups in total. The Morgan fingerprint density at radius 1 is 1.50 bits per heavy atom. The maximum atomic E-state index is 11.3. The van der Waals surface area contributed by atoms with Crippen LogP contribution in [0.3, 0.4) is 0 Å². The number of carbonyl (C=O) groups is 2. The Bertz CT molecular complexity index is 405. The molecule has 0 fully saturated rings. The maximum absolute atomic E-state index is 11.3. The number of hydrogen-bond donors (Lipinski definition) is 2. The minimum atomic E-state index is -0.371. The van der Waals surface area contributed by atoms with Crippen LogP contribution in [0.15, 0.2) is 0 Å². The van der Waals surface area contributed by atoms with Gasteiger partial charge in [-0.3, -0.25) is 10.1 Å². The van der Waals surface area contributed by atoms with Crippen molar-refractivity contribution in [2.75, 3.05) is 17.7 Å². The van der Waals surface area contributed by atoms with Gasteiger partial charge in [-0.15, -0.1) is 11.6 Å². The molecule has 0 aliphatic heterocycles. The average molecular weight is 262 g/mol. The molecule has 5 nitrogen and oxygen atoms in total. The van der Waals surface area contributed by atoms with Crippen molar-refractivity contribution in [3.05, 3.63) is 10.6 Å². The van der Waals surface area contributed by atoms with Gasteiger partial charge in [0.2, 0.25) is 0 Å². The van der Waals surface area contributed by atoms with Crippen LogP contribution in [0.1, 0.15) is 22.3 Å². The molecule has 2 amide bonds. The van der Waals surface area contributed by atoms with Crippen LogP contribution in [0.2, 0.25) is 0 Å². The van der Waals surface area contributed by atoms with E-state index in [1.165, 1.54) is 6.92 Å². The van der Waals surface area contributed by atoms with E-state index in [2.05, 4.69) is 15.6 Å². The zero-order valence-electron chi connectivity index (χ0n) is 8.96. The number of ketones is 1. The third-order valence-electron chi connectivity index (χ3n) is 1.72. The minimum absolute atomic E-state index is 0.0517. The summed E-state index contributed by atoms with van der Waals surface area (Å²) in [5.41, 5.74) is 0.630. The van der Waals surface area contributed by atoms with Gasteiger partial charge < -0.3 is 5.32 Å². The summed E-state index contributed by atoms with van der Waals surface area (Å²) in [6.07, 6.45) is 0. The first-order valence-corrected chi connectivity index (χ1v) is 5.99. The largest absolute Gasteiger partial charge is 0.337 e. The summed E-state index contributed by atoms with van der Waals surface area (Å²) in [7, 11) is 0. The predicted molar refractivity (Wildman–Crippen MR) is 64.6 cm³/mol. The Labute approximate surface area is 102 Å². The van der Waals surface area contributed by atoms with Crippen molar-refractivity contribution in [2.45, 2.75) is 13.8 Å². The molecule has 16 heavy (non-hydrogen) atoms. The number of Topliss-reactive ketones (excluding diaryl/α,β-unsaturated/α-hetero) is 1. The number of halogens is 1. The lowest BCUT2D eigenvalue weighted by molar-refractivity contribution is 0.102. The zero-order chi connectivity index (χ0) is 12.1. The third kappa shape index (κ3) is 3.46. The topological polar surface area (TPSA) is 71.1 Å². The Hall–Kier alpha value is -1.14. The Balaban J connectivity index is 2.64. The summed E-state index contributed by atoms with van der Waals surface area (Å²) < 4.78 is 0. The highest BCUT2D eigenvalue weighted by Gasteiger charge is 2.12. The standard InChI is InChI=1S/C9H12ClN3O2S/c1-5-7(6(2)14)16-9(12-5)13-8(15)11-4-3-10/h3-4H2,1-2H3,(H2,11,12,13,15). The summed E-state index contributed by atoms with van der Waals surface area (Å²) in [6.45, 7) is 3.59. The third-order valence-corrected chi connectivity index (χ3v) is 3.08. The summed E-state index contributed by atoms with van der Waals surface area (Å²) in [6, 6.07) is -0.371. The van der Waals surface area contributed by atoms with Crippen LogP contribution in [-0.4, -0.2) is 29.2 Å². The van der Waals surface area contributed by atoms with Crippen molar-refractivity contribution in [3.63, 3.8) is 0 Å². The van der Waals surface area contributed by atoms with Crippen molar-refractivity contribution < 1.29 is 9.59 Å². The van der Waals surface area contributed by atoms with Crippen LogP contribution in [0.5, 0.6) is 0 Å². The molecule has 0 bridgehead atoms. The maximum Gasteiger partial charge on any atom is 0.321 e. The fourth-order valence-electron chi connectivity index (χ4n) is 1.08. The number of urea groups is 1. The molecule has 0 aromatic carbocycles. The first kappa shape index (κ1) is 12.9. The van der Waals surface area contributed by atoms with Crippen LogP contribution in [-0.2, 0) is 0 Å². The van der Waals surface area contributed by atoms with Gasteiger partial charge in [-0.2, -0.15) is 0 Å². The SMILES string of the molecule is CC(=O)c1sc(NC(=O)NCCCl)nc1C. The molecule has 88 valence electrons. The second-order valence-electron chi connectivity index (χ2n) is 3.06. The molecule has 1 aromatic rings. The fraction of sp³-hybridized carbons (Fsp3) is 0.444. The number of anilines is 1. The number of alkyl halides is 1. The lowest BCUT2D eigenvalue weighted by Gasteiger charge is -2.01. The number of aryl methyl sites for hydroxylation is 1. The van der Waals surface area contributed by atoms with Gasteiger partial charge in [0.25, 0.3) is 0 Å². The van der Waals surface area contributed by atoms with Gasteiger partial charge in [0.05, 0.1) is 10.6 Å². The summed E-state index contributed by atoms with van der Waals surface area (Å²) in [5, 5.41) is 5.49. The van der Waals surface area contributed by atoms with Crippen molar-refractivity contribution in [2.24, 2.45) is 0 Å². The van der Waals surface area contributed by atoms with Crippen LogP contribution in [0, 0.1) is 6.92 Å². The normalized spacial score (nSPS) is 9.94. The van der Waals surface area contributed by atoms with E-state index in [0.717, 1.165) is 11.3 Å². The second-order valence-corrected chi connectivity index (χ2v) is 4.44. The lowest BCUT2D eigenvalue weighted by atomic mass is 10.3. The molecule has 0 spiro atoms. The van der Waals surface area contributed by atoms with E-state index in [1.807, 2.05) is 0 Å². The number of nitrogens with zero attached hydrogens (tertiary/aromatic N) is 1. The molecular formula is C9H12ClN3O2S. The Morgan fingerprint density at radius 2 is 2.19 bits per heavy atom. The highest BCUT2D eigenvalue weighted by molar-refractivity contribution is 7.17. The molecule has 0 aliphatic carbocycles. The number of aromatic nitrogens is 1. The summed E-state index contributed by atoms with van der Waals surface area (Å²) in [4.78, 5) is 27.1. The van der Waals surface area contributed by atoms with Gasteiger partial charge in [-0.25, -0.2) is 9.78 Å². The highest BCUT2D eigenvalue weighted by atomic mass is 35.5. The molecule has 0 radical (unpaired) electrons. The number of rotatable bonds is 4. The van der Waals surface area contributed by atoms with Crippen LogP contribution in [0.4, 0.5) is 9.93 Å². The minimum Gasteiger partial charge on any atom is -0.337 e. The molecular weight excluding hydrogens is 250 g/mol. The monoisotopic (exact) mass is 261 g/mol. The number of thiazole rings is 1. The lowest BCUT2D eigenvalue weighted by Crippen LogP contribution is -2.30. The molecule has 1 heterocycles. The second kappa shape index (κ2) is 5.81. The van der Waals surface area contributed by atoms with Crippen LogP contribution < -0.4 is 10.6 Å². The van der Waals surface area contributed by atoms with Gasteiger partial charge >= 0.3 is 6.03 Å². The molecule has 0 saturated carbocycles. The molecule has 1 aromatic heterocycles. The van der Waals surface area contributed by atoms with E-state index >= 15 is 0 Å². The van der Waals surface area contributed by atoms with E-state index in [0.29, 0.717) is 28.1 Å². The summed E-state index contributed by atoms with van der Waals surface area (Å²) >= 11 is 6.58. The van der Waals surface area contributed by atoms with Gasteiger partial charge in [0, 0.05) is 19.3 Å². The van der Waals surface area contributed by atoms with Gasteiger partial charge in [-0.1, -0.05) is 11.3 Å². The van der Waals surface area contributed by atoms with E-state index in [1.54, 1.807) is 6.92 Å². The van der Waals surface area contributed by atoms with Crippen molar-refractivity contribution >= 4 is 39.9 Å². The molecule has 0 atom stereocenters. The number of hydrogen-bond acceptors (Lipinski definition) is 4. The molecule has 0 aliphatic rings. The Kier molecular flexibility index (Phi) is 4.70. The molecule has 1 rings (SSSR count). The van der Waals surface area contributed by atoms with E-state index < -0.39 is 0 Å². The van der Waals surface area contributed by atoms with E-state index in [-0.39, 0.29) is 11.8 Å². The molecule has 0 saturated heterocycles. The Morgan fingerprint density at radius 3 is 2.69 bits per heavy atom. The number of carbonyl (C=O) groups excluding carboxylic acids is 2. The van der Waals surface area contributed by atoms with Crippen molar-refractivity contribution in [1.82, 2.24) is 10.3 Å². The van der Waals surface area contributed by atoms with Gasteiger partial charge in [-0.05, 0) is 6.92 Å². The fourth-order valence-corrected chi connectivity index (χ4v) is 2.03. The van der Waals surface area contributed by atoms with Crippen LogP contribution in [0.25, 0.3) is 0 Å². The van der Waals surface area contributed by atoms with E-state index in [4.69, 9.17) is 11.6 Å². The number of amides is 2. The van der Waals surface area contributed by atoms with Gasteiger partial charge in [0.1, 0.15) is 0 Å². The predicted octanol–water partition coefficient (Wildman–Crippen LogP) is 2.01. The van der Waals surface area contributed by atoms with Crippen molar-refractivity contribution in [1.29, 1.82) is 0 Å². The van der Waals surface area contributed by atoms with E-state index in [9.17, 15) is 9.59 Å². The average Bonchev–Trinajstić information content (AvgIpc) is 2.56. The zero-order valence-corrected chi connectivity index (χ0v) is 10.5. The van der Waals surface area contributed by atoms with Crippen LogP contribution >= 0.6 is 22.9 Å². The number of nitrogens with one attached hydrogen (secondary N) is 2. The summed E-state index contributed by atoms with van der Waals surface area (Å²) in [5.74, 6) is 0.299. The quantitative estimate of drug-likeness (QED) is 0.643. The smallest absolute Gasteiger partial charge is 0.321 e. The first-order chi connectivity index (χ1) is 7.54. The molecule has 0 unspecified atom stereocenters. The molecule has 7 heteroatoms.